The van der Waals surface area contributed by atoms with Crippen molar-refractivity contribution in [3.8, 4) is 0 Å². The first kappa shape index (κ1) is 24.3. The predicted octanol–water partition coefficient (Wildman–Crippen LogP) is 2.46. The maximum Gasteiger partial charge on any atom is 0.129 e. The van der Waals surface area contributed by atoms with E-state index in [9.17, 15) is 5.11 Å². The molecule has 37 heavy (non-hydrogen) atoms. The van der Waals surface area contributed by atoms with Gasteiger partial charge in [-0.1, -0.05) is 12.1 Å². The first-order valence-corrected chi connectivity index (χ1v) is 13.6. The van der Waals surface area contributed by atoms with Crippen LogP contribution in [0.25, 0.3) is 0 Å². The third-order valence-corrected chi connectivity index (χ3v) is 8.24. The molecule has 1 N–H and O–H groups in total. The molecule has 4 aliphatic rings. The van der Waals surface area contributed by atoms with Crippen LogP contribution in [-0.2, 0) is 13.0 Å². The van der Waals surface area contributed by atoms with Crippen LogP contribution < -0.4 is 0 Å². The summed E-state index contributed by atoms with van der Waals surface area (Å²) in [5.41, 5.74) is 3.79. The standard InChI is InChI=1S/C29H37N7O/c1-33-15-17-34(18-16-33)28-9-3-8-27-32-24(26(21-37)36(27)28)20-35(19-22-10-13-30-14-11-22)25-7-2-5-23-6-4-12-31-29(23)25/h3-4,6,8-14,24-26,37H,2,5,7,15-21H2,1H3/t24?,25-,26?/m0/s1. The van der Waals surface area contributed by atoms with Gasteiger partial charge in [-0.3, -0.25) is 19.9 Å². The fourth-order valence-corrected chi connectivity index (χ4v) is 6.24. The second-order valence-corrected chi connectivity index (χ2v) is 10.6. The Morgan fingerprint density at radius 2 is 1.92 bits per heavy atom. The minimum absolute atomic E-state index is 0.0328. The normalized spacial score (nSPS) is 25.6. The van der Waals surface area contributed by atoms with Gasteiger partial charge in [-0.05, 0) is 67.8 Å². The van der Waals surface area contributed by atoms with E-state index in [-0.39, 0.29) is 24.7 Å². The summed E-state index contributed by atoms with van der Waals surface area (Å²) in [5, 5.41) is 10.7. The Kier molecular flexibility index (Phi) is 7.04. The molecule has 0 saturated carbocycles. The molecule has 8 heteroatoms. The minimum atomic E-state index is -0.0856. The van der Waals surface area contributed by atoms with Gasteiger partial charge in [0.15, 0.2) is 0 Å². The first-order valence-electron chi connectivity index (χ1n) is 13.6. The monoisotopic (exact) mass is 499 g/mol. The van der Waals surface area contributed by atoms with Crippen molar-refractivity contribution in [2.45, 2.75) is 43.9 Å². The van der Waals surface area contributed by atoms with Crippen molar-refractivity contribution >= 4 is 5.84 Å². The number of hydrogen-bond donors (Lipinski definition) is 1. The lowest BCUT2D eigenvalue weighted by Crippen LogP contribution is -2.52. The number of piperazine rings is 1. The highest BCUT2D eigenvalue weighted by molar-refractivity contribution is 5.97. The summed E-state index contributed by atoms with van der Waals surface area (Å²) in [6.45, 7) is 5.70. The van der Waals surface area contributed by atoms with Gasteiger partial charge in [-0.25, -0.2) is 0 Å². The number of aromatic nitrogens is 2. The summed E-state index contributed by atoms with van der Waals surface area (Å²) in [7, 11) is 2.18. The lowest BCUT2D eigenvalue weighted by Gasteiger charge is -2.42. The van der Waals surface area contributed by atoms with Crippen molar-refractivity contribution in [1.82, 2.24) is 29.6 Å². The van der Waals surface area contributed by atoms with Crippen molar-refractivity contribution in [1.29, 1.82) is 0 Å². The number of likely N-dealkylation sites (N-methyl/N-ethyl adjacent to an activating group) is 1. The first-order chi connectivity index (χ1) is 18.2. The van der Waals surface area contributed by atoms with Crippen molar-refractivity contribution in [3.05, 3.63) is 83.7 Å². The molecule has 1 fully saturated rings. The number of rotatable bonds is 7. The maximum absolute atomic E-state index is 10.7. The molecule has 2 aromatic heterocycles. The van der Waals surface area contributed by atoms with E-state index < -0.39 is 0 Å². The van der Waals surface area contributed by atoms with Crippen LogP contribution in [0.3, 0.4) is 0 Å². The van der Waals surface area contributed by atoms with Crippen LogP contribution in [0.4, 0.5) is 0 Å². The van der Waals surface area contributed by atoms with Gasteiger partial charge in [0, 0.05) is 57.9 Å². The molecule has 3 aliphatic heterocycles. The van der Waals surface area contributed by atoms with Gasteiger partial charge >= 0.3 is 0 Å². The largest absolute Gasteiger partial charge is 0.394 e. The molecule has 0 aromatic carbocycles. The van der Waals surface area contributed by atoms with Gasteiger partial charge in [0.2, 0.25) is 0 Å². The van der Waals surface area contributed by atoms with Crippen LogP contribution in [0.2, 0.25) is 0 Å². The molecular formula is C29H37N7O. The Labute approximate surface area is 219 Å². The number of aliphatic hydroxyl groups excluding tert-OH is 1. The lowest BCUT2D eigenvalue weighted by atomic mass is 9.90. The fraction of sp³-hybridized carbons (Fsp3) is 0.483. The predicted molar refractivity (Wildman–Crippen MR) is 145 cm³/mol. The van der Waals surface area contributed by atoms with E-state index in [1.165, 1.54) is 22.6 Å². The number of aryl methyl sites for hydroxylation is 1. The Morgan fingerprint density at radius 3 is 2.73 bits per heavy atom. The van der Waals surface area contributed by atoms with Crippen LogP contribution in [0.1, 0.15) is 35.7 Å². The van der Waals surface area contributed by atoms with Gasteiger partial charge in [-0.15, -0.1) is 0 Å². The molecule has 0 radical (unpaired) electrons. The van der Waals surface area contributed by atoms with Crippen LogP contribution in [-0.4, -0.2) is 99.0 Å². The number of amidine groups is 1. The topological polar surface area (TPSA) is 71.3 Å². The zero-order valence-electron chi connectivity index (χ0n) is 21.7. The highest BCUT2D eigenvalue weighted by atomic mass is 16.3. The van der Waals surface area contributed by atoms with E-state index in [0.29, 0.717) is 0 Å². The number of pyridine rings is 2. The summed E-state index contributed by atoms with van der Waals surface area (Å²) in [6, 6.07) is 8.59. The third-order valence-electron chi connectivity index (χ3n) is 8.24. The zero-order valence-corrected chi connectivity index (χ0v) is 21.7. The number of nitrogens with zero attached hydrogens (tertiary/aromatic N) is 7. The highest BCUT2D eigenvalue weighted by Gasteiger charge is 2.41. The Bertz CT molecular complexity index is 1170. The molecule has 1 aliphatic carbocycles. The smallest absolute Gasteiger partial charge is 0.129 e. The van der Waals surface area contributed by atoms with E-state index >= 15 is 0 Å². The number of fused-ring (bicyclic) bond motifs is 2. The van der Waals surface area contributed by atoms with Crippen LogP contribution in [0.5, 0.6) is 0 Å². The maximum atomic E-state index is 10.7. The Morgan fingerprint density at radius 1 is 1.08 bits per heavy atom. The second kappa shape index (κ2) is 10.7. The van der Waals surface area contributed by atoms with Crippen molar-refractivity contribution in [2.75, 3.05) is 46.4 Å². The second-order valence-electron chi connectivity index (χ2n) is 10.6. The summed E-state index contributed by atoms with van der Waals surface area (Å²) in [4.78, 5) is 23.9. The molecular weight excluding hydrogens is 462 g/mol. The lowest BCUT2D eigenvalue weighted by molar-refractivity contribution is 0.104. The zero-order chi connectivity index (χ0) is 25.2. The van der Waals surface area contributed by atoms with Gasteiger partial charge < -0.3 is 19.8 Å². The number of hydrogen-bond acceptors (Lipinski definition) is 8. The molecule has 2 aromatic rings. The van der Waals surface area contributed by atoms with Gasteiger partial charge in [-0.2, -0.15) is 0 Å². The van der Waals surface area contributed by atoms with Crippen molar-refractivity contribution in [3.63, 3.8) is 0 Å². The summed E-state index contributed by atoms with van der Waals surface area (Å²) >= 11 is 0. The molecule has 0 amide bonds. The van der Waals surface area contributed by atoms with E-state index in [4.69, 9.17) is 9.98 Å². The van der Waals surface area contributed by atoms with E-state index in [1.54, 1.807) is 0 Å². The summed E-state index contributed by atoms with van der Waals surface area (Å²) in [6.07, 6.45) is 15.4. The summed E-state index contributed by atoms with van der Waals surface area (Å²) < 4.78 is 0. The van der Waals surface area contributed by atoms with Gasteiger partial charge in [0.1, 0.15) is 11.7 Å². The van der Waals surface area contributed by atoms with Gasteiger partial charge in [0.05, 0.1) is 30.4 Å². The Hall–Kier alpha value is -3.07. The molecule has 1 saturated heterocycles. The quantitative estimate of drug-likeness (QED) is 0.628. The molecule has 3 atom stereocenters. The van der Waals surface area contributed by atoms with Crippen LogP contribution >= 0.6 is 0 Å². The van der Waals surface area contributed by atoms with Gasteiger partial charge in [0.25, 0.3) is 0 Å². The highest BCUT2D eigenvalue weighted by Crippen LogP contribution is 2.36. The van der Waals surface area contributed by atoms with Crippen LogP contribution in [0, 0.1) is 0 Å². The molecule has 0 spiro atoms. The number of aliphatic hydroxyl groups is 1. The average molecular weight is 500 g/mol. The Balaban J connectivity index is 1.28. The summed E-state index contributed by atoms with van der Waals surface area (Å²) in [5.74, 6) is 2.13. The average Bonchev–Trinajstić information content (AvgIpc) is 3.30. The molecule has 2 unspecified atom stereocenters. The van der Waals surface area contributed by atoms with Crippen molar-refractivity contribution < 1.29 is 5.11 Å². The number of aliphatic imine (C=N–C) groups is 1. The minimum Gasteiger partial charge on any atom is -0.394 e. The molecule has 5 heterocycles. The SMILES string of the molecule is CN1CCN(C2=CC=CC3=NC(CN(Cc4ccncc4)[C@H]4CCCc5cccnc54)C(CO)N23)CC1. The van der Waals surface area contributed by atoms with Crippen molar-refractivity contribution in [2.24, 2.45) is 4.99 Å². The van der Waals surface area contributed by atoms with E-state index in [1.807, 2.05) is 18.6 Å². The fourth-order valence-electron chi connectivity index (χ4n) is 6.24. The van der Waals surface area contributed by atoms with E-state index in [2.05, 4.69) is 74.1 Å². The van der Waals surface area contributed by atoms with E-state index in [0.717, 1.165) is 64.4 Å². The molecule has 6 rings (SSSR count). The number of allylic oxidation sites excluding steroid dienone is 2. The van der Waals surface area contributed by atoms with Crippen LogP contribution in [0.15, 0.2) is 71.9 Å². The third kappa shape index (κ3) is 4.93. The molecule has 194 valence electrons. The molecule has 8 nitrogen and oxygen atoms in total. The molecule has 0 bridgehead atoms.